The number of nitrogens with two attached hydrogens (primary N) is 1. The van der Waals surface area contributed by atoms with Crippen molar-refractivity contribution in [1.29, 1.82) is 0 Å². The molecule has 1 saturated carbocycles. The summed E-state index contributed by atoms with van der Waals surface area (Å²) in [5.41, 5.74) is 6.49. The Kier molecular flexibility index (Phi) is 4.45. The van der Waals surface area contributed by atoms with E-state index in [0.717, 1.165) is 5.92 Å². The van der Waals surface area contributed by atoms with Gasteiger partial charge in [-0.15, -0.1) is 0 Å². The topological polar surface area (TPSA) is 32.5 Å². The van der Waals surface area contributed by atoms with Crippen LogP contribution in [0, 0.1) is 5.92 Å². The first-order valence-corrected chi connectivity index (χ1v) is 7.23. The first-order chi connectivity index (χ1) is 8.07. The Hall–Kier alpha value is -0.120. The van der Waals surface area contributed by atoms with E-state index in [1.165, 1.54) is 64.7 Å². The van der Waals surface area contributed by atoms with E-state index >= 15 is 0 Å². The molecule has 3 heteroatoms. The number of hydrogen-bond acceptors (Lipinski definition) is 3. The summed E-state index contributed by atoms with van der Waals surface area (Å²) in [7, 11) is 4.36. The van der Waals surface area contributed by atoms with E-state index in [2.05, 4.69) is 23.9 Å². The summed E-state index contributed by atoms with van der Waals surface area (Å²) in [6, 6.07) is 0. The van der Waals surface area contributed by atoms with Crippen LogP contribution in [0.1, 0.15) is 38.5 Å². The summed E-state index contributed by atoms with van der Waals surface area (Å²) in [6.45, 7) is 5.06. The van der Waals surface area contributed by atoms with Crippen LogP contribution in [0.4, 0.5) is 0 Å². The average Bonchev–Trinajstić information content (AvgIpc) is 2.25. The van der Waals surface area contributed by atoms with Gasteiger partial charge in [-0.25, -0.2) is 0 Å². The smallest absolute Gasteiger partial charge is 0.0166 e. The summed E-state index contributed by atoms with van der Waals surface area (Å²) in [5.74, 6) is 0.914. The Labute approximate surface area is 106 Å². The second kappa shape index (κ2) is 5.68. The molecule has 1 aliphatic heterocycles. The largest absolute Gasteiger partial charge is 0.325 e. The SMILES string of the molecule is CN(C)CC1CCN(CCC2(N)CCC2)CC1. The molecule has 3 nitrogen and oxygen atoms in total. The average molecular weight is 239 g/mol. The molecule has 2 N–H and O–H groups in total. The van der Waals surface area contributed by atoms with E-state index in [1.54, 1.807) is 0 Å². The number of hydrogen-bond donors (Lipinski definition) is 1. The van der Waals surface area contributed by atoms with Crippen LogP contribution >= 0.6 is 0 Å². The first kappa shape index (κ1) is 13.3. The molecule has 1 saturated heterocycles. The van der Waals surface area contributed by atoms with Crippen molar-refractivity contribution in [2.75, 3.05) is 40.3 Å². The van der Waals surface area contributed by atoms with Crippen LogP contribution in [0.25, 0.3) is 0 Å². The maximum atomic E-state index is 6.28. The highest BCUT2D eigenvalue weighted by molar-refractivity contribution is 4.93. The van der Waals surface area contributed by atoms with Gasteiger partial charge >= 0.3 is 0 Å². The second-order valence-electron chi connectivity index (χ2n) is 6.51. The minimum absolute atomic E-state index is 0.209. The molecule has 0 aromatic rings. The quantitative estimate of drug-likeness (QED) is 0.790. The molecule has 0 aromatic carbocycles. The minimum Gasteiger partial charge on any atom is -0.325 e. The summed E-state index contributed by atoms with van der Waals surface area (Å²) in [5, 5.41) is 0. The van der Waals surface area contributed by atoms with Gasteiger partial charge in [-0.2, -0.15) is 0 Å². The molecule has 0 unspecified atom stereocenters. The van der Waals surface area contributed by atoms with E-state index < -0.39 is 0 Å². The van der Waals surface area contributed by atoms with Crippen LogP contribution < -0.4 is 5.73 Å². The zero-order valence-corrected chi connectivity index (χ0v) is 11.6. The molecule has 2 fully saturated rings. The highest BCUT2D eigenvalue weighted by atomic mass is 15.1. The van der Waals surface area contributed by atoms with Crippen LogP contribution in [-0.4, -0.2) is 55.6 Å². The van der Waals surface area contributed by atoms with Gasteiger partial charge < -0.3 is 15.5 Å². The molecule has 0 aromatic heterocycles. The molecule has 0 bridgehead atoms. The summed E-state index contributed by atoms with van der Waals surface area (Å²) in [6.07, 6.45) is 7.81. The minimum atomic E-state index is 0.209. The zero-order valence-electron chi connectivity index (χ0n) is 11.6. The van der Waals surface area contributed by atoms with Crippen molar-refractivity contribution in [3.8, 4) is 0 Å². The summed E-state index contributed by atoms with van der Waals surface area (Å²) in [4.78, 5) is 4.95. The van der Waals surface area contributed by atoms with Gasteiger partial charge in [0.05, 0.1) is 0 Å². The lowest BCUT2D eigenvalue weighted by molar-refractivity contribution is 0.134. The Morgan fingerprint density at radius 1 is 1.24 bits per heavy atom. The van der Waals surface area contributed by atoms with Crippen LogP contribution in [0.5, 0.6) is 0 Å². The van der Waals surface area contributed by atoms with E-state index in [4.69, 9.17) is 5.73 Å². The maximum absolute atomic E-state index is 6.28. The number of piperidine rings is 1. The van der Waals surface area contributed by atoms with Gasteiger partial charge in [-0.05, 0) is 78.2 Å². The van der Waals surface area contributed by atoms with Gasteiger partial charge in [-0.3, -0.25) is 0 Å². The lowest BCUT2D eigenvalue weighted by Gasteiger charge is -2.41. The maximum Gasteiger partial charge on any atom is 0.0166 e. The van der Waals surface area contributed by atoms with Crippen molar-refractivity contribution in [2.24, 2.45) is 11.7 Å². The Morgan fingerprint density at radius 2 is 1.88 bits per heavy atom. The first-order valence-electron chi connectivity index (χ1n) is 7.23. The van der Waals surface area contributed by atoms with E-state index in [0.29, 0.717) is 0 Å². The van der Waals surface area contributed by atoms with Crippen LogP contribution in [0.2, 0.25) is 0 Å². The third-order valence-corrected chi connectivity index (χ3v) is 4.61. The molecule has 0 atom stereocenters. The van der Waals surface area contributed by atoms with Crippen molar-refractivity contribution in [3.63, 3.8) is 0 Å². The van der Waals surface area contributed by atoms with Crippen molar-refractivity contribution < 1.29 is 0 Å². The Morgan fingerprint density at radius 3 is 2.35 bits per heavy atom. The van der Waals surface area contributed by atoms with Gasteiger partial charge in [0.1, 0.15) is 0 Å². The normalized spacial score (nSPS) is 26.1. The van der Waals surface area contributed by atoms with Gasteiger partial charge in [0.2, 0.25) is 0 Å². The molecule has 100 valence electrons. The predicted octanol–water partition coefficient (Wildman–Crippen LogP) is 1.53. The molecule has 17 heavy (non-hydrogen) atoms. The van der Waals surface area contributed by atoms with Gasteiger partial charge in [0.25, 0.3) is 0 Å². The molecule has 2 rings (SSSR count). The van der Waals surface area contributed by atoms with Crippen LogP contribution in [-0.2, 0) is 0 Å². The van der Waals surface area contributed by atoms with Crippen molar-refractivity contribution in [3.05, 3.63) is 0 Å². The monoisotopic (exact) mass is 239 g/mol. The van der Waals surface area contributed by atoms with E-state index in [9.17, 15) is 0 Å². The van der Waals surface area contributed by atoms with Gasteiger partial charge in [0, 0.05) is 12.1 Å². The predicted molar refractivity (Wildman–Crippen MR) is 73.1 cm³/mol. The molecule has 0 radical (unpaired) electrons. The third-order valence-electron chi connectivity index (χ3n) is 4.61. The van der Waals surface area contributed by atoms with E-state index in [-0.39, 0.29) is 5.54 Å². The van der Waals surface area contributed by atoms with Gasteiger partial charge in [-0.1, -0.05) is 0 Å². The van der Waals surface area contributed by atoms with E-state index in [1.807, 2.05) is 0 Å². The molecule has 0 spiro atoms. The van der Waals surface area contributed by atoms with Gasteiger partial charge in [0.15, 0.2) is 0 Å². The summed E-state index contributed by atoms with van der Waals surface area (Å²) < 4.78 is 0. The fourth-order valence-electron chi connectivity index (χ4n) is 3.17. The van der Waals surface area contributed by atoms with Crippen LogP contribution in [0.3, 0.4) is 0 Å². The fourth-order valence-corrected chi connectivity index (χ4v) is 3.17. The lowest BCUT2D eigenvalue weighted by Crippen LogP contribution is -2.49. The molecule has 1 aliphatic carbocycles. The molecular weight excluding hydrogens is 210 g/mol. The Bertz CT molecular complexity index is 228. The van der Waals surface area contributed by atoms with Crippen LogP contribution in [0.15, 0.2) is 0 Å². The molecule has 0 amide bonds. The molecular formula is C14H29N3. The number of nitrogens with zero attached hydrogens (tertiary/aromatic N) is 2. The van der Waals surface area contributed by atoms with Crippen molar-refractivity contribution in [1.82, 2.24) is 9.80 Å². The molecule has 2 aliphatic rings. The molecule has 1 heterocycles. The standard InChI is InChI=1S/C14H29N3/c1-16(2)12-13-4-9-17(10-5-13)11-8-14(15)6-3-7-14/h13H,3-12,15H2,1-2H3. The highest BCUT2D eigenvalue weighted by Crippen LogP contribution is 2.32. The Balaban J connectivity index is 1.62. The van der Waals surface area contributed by atoms with Crippen molar-refractivity contribution in [2.45, 2.75) is 44.1 Å². The van der Waals surface area contributed by atoms with Crippen molar-refractivity contribution >= 4 is 0 Å². The second-order valence-corrected chi connectivity index (χ2v) is 6.51. The fraction of sp³-hybridized carbons (Fsp3) is 1.00. The zero-order chi connectivity index (χ0) is 12.3. The third kappa shape index (κ3) is 3.94. The number of rotatable bonds is 5. The summed E-state index contributed by atoms with van der Waals surface area (Å²) >= 11 is 0. The lowest BCUT2D eigenvalue weighted by atomic mass is 9.75. The highest BCUT2D eigenvalue weighted by Gasteiger charge is 2.32. The number of likely N-dealkylation sites (tertiary alicyclic amines) is 1.